The van der Waals surface area contributed by atoms with E-state index in [1.165, 1.54) is 0 Å². The van der Waals surface area contributed by atoms with E-state index in [9.17, 15) is 5.11 Å². The first kappa shape index (κ1) is 11.8. The Labute approximate surface area is 112 Å². The minimum atomic E-state index is -0.188. The fourth-order valence-electron chi connectivity index (χ4n) is 2.42. The Hall–Kier alpha value is -2.32. The monoisotopic (exact) mass is 249 g/mol. The Morgan fingerprint density at radius 1 is 0.737 bits per heavy atom. The van der Waals surface area contributed by atoms with Crippen LogP contribution >= 0.6 is 0 Å². The maximum absolute atomic E-state index is 9.91. The molecule has 0 aliphatic rings. The van der Waals surface area contributed by atoms with E-state index in [0.29, 0.717) is 5.75 Å². The molecule has 0 saturated carbocycles. The van der Waals surface area contributed by atoms with E-state index in [4.69, 9.17) is 5.73 Å². The van der Waals surface area contributed by atoms with Gasteiger partial charge in [0.05, 0.1) is 6.04 Å². The summed E-state index contributed by atoms with van der Waals surface area (Å²) in [4.78, 5) is 0. The number of phenolic OH excluding ortho intramolecular Hbond substituents is 1. The zero-order chi connectivity index (χ0) is 13.2. The Morgan fingerprint density at radius 3 is 2.11 bits per heavy atom. The predicted octanol–water partition coefficient (Wildman–Crippen LogP) is 3.59. The van der Waals surface area contributed by atoms with Gasteiger partial charge in [0.25, 0.3) is 0 Å². The van der Waals surface area contributed by atoms with Crippen molar-refractivity contribution in [3.05, 3.63) is 77.9 Å². The lowest BCUT2D eigenvalue weighted by Crippen LogP contribution is -2.12. The molecule has 0 heterocycles. The third kappa shape index (κ3) is 2.07. The largest absolute Gasteiger partial charge is 0.507 e. The molecule has 1 unspecified atom stereocenters. The van der Waals surface area contributed by atoms with Gasteiger partial charge in [0.15, 0.2) is 0 Å². The molecule has 3 aromatic rings. The summed E-state index contributed by atoms with van der Waals surface area (Å²) >= 11 is 0. The van der Waals surface area contributed by atoms with Crippen LogP contribution in [-0.2, 0) is 0 Å². The molecule has 3 N–H and O–H groups in total. The van der Waals surface area contributed by atoms with Crippen LogP contribution in [-0.4, -0.2) is 5.11 Å². The van der Waals surface area contributed by atoms with Crippen molar-refractivity contribution < 1.29 is 5.11 Å². The number of nitrogens with two attached hydrogens (primary N) is 1. The number of hydrogen-bond acceptors (Lipinski definition) is 2. The maximum Gasteiger partial charge on any atom is 0.123 e. The van der Waals surface area contributed by atoms with E-state index in [1.54, 1.807) is 6.07 Å². The fourth-order valence-corrected chi connectivity index (χ4v) is 2.42. The van der Waals surface area contributed by atoms with Crippen molar-refractivity contribution in [3.8, 4) is 5.75 Å². The topological polar surface area (TPSA) is 46.2 Å². The van der Waals surface area contributed by atoms with Gasteiger partial charge >= 0.3 is 0 Å². The first-order valence-electron chi connectivity index (χ1n) is 6.28. The van der Waals surface area contributed by atoms with Gasteiger partial charge in [-0.25, -0.2) is 0 Å². The van der Waals surface area contributed by atoms with Gasteiger partial charge in [-0.05, 0) is 22.6 Å². The van der Waals surface area contributed by atoms with Crippen LogP contribution in [0, 0.1) is 0 Å². The Balaban J connectivity index is 2.18. The van der Waals surface area contributed by atoms with Gasteiger partial charge in [0.1, 0.15) is 5.75 Å². The number of aromatic hydroxyl groups is 1. The van der Waals surface area contributed by atoms with Crippen LogP contribution < -0.4 is 5.73 Å². The second kappa shape index (κ2) is 4.75. The summed E-state index contributed by atoms with van der Waals surface area (Å²) in [6.07, 6.45) is 0. The number of hydrogen-bond donors (Lipinski definition) is 2. The highest BCUT2D eigenvalue weighted by Crippen LogP contribution is 2.32. The molecule has 2 heteroatoms. The smallest absolute Gasteiger partial charge is 0.123 e. The molecule has 3 aromatic carbocycles. The van der Waals surface area contributed by atoms with Gasteiger partial charge in [-0.1, -0.05) is 60.7 Å². The third-order valence-corrected chi connectivity index (χ3v) is 3.43. The average molecular weight is 249 g/mol. The molecule has 0 amide bonds. The normalized spacial score (nSPS) is 12.5. The molecule has 3 rings (SSSR count). The zero-order valence-electron chi connectivity index (χ0n) is 10.5. The summed E-state index contributed by atoms with van der Waals surface area (Å²) in [6.45, 7) is 0. The Bertz CT molecular complexity index is 707. The Morgan fingerprint density at radius 2 is 1.37 bits per heavy atom. The van der Waals surface area contributed by atoms with E-state index in [-0.39, 0.29) is 6.04 Å². The minimum absolute atomic E-state index is 0.188. The highest BCUT2D eigenvalue weighted by Gasteiger charge is 2.13. The van der Waals surface area contributed by atoms with Crippen LogP contribution in [0.5, 0.6) is 5.75 Å². The van der Waals surface area contributed by atoms with Gasteiger partial charge in [0.2, 0.25) is 0 Å². The van der Waals surface area contributed by atoms with E-state index in [1.807, 2.05) is 60.7 Å². The van der Waals surface area contributed by atoms with E-state index < -0.39 is 0 Å². The van der Waals surface area contributed by atoms with Gasteiger partial charge in [0, 0.05) is 5.39 Å². The number of fused-ring (bicyclic) bond motifs is 1. The summed E-state index contributed by atoms with van der Waals surface area (Å²) in [5.74, 6) is 0.291. The lowest BCUT2D eigenvalue weighted by molar-refractivity contribution is 0.481. The first-order chi connectivity index (χ1) is 9.27. The summed E-state index contributed by atoms with van der Waals surface area (Å²) in [5.41, 5.74) is 8.45. The molecule has 0 radical (unpaired) electrons. The molecule has 0 aromatic heterocycles. The minimum Gasteiger partial charge on any atom is -0.507 e. The number of benzene rings is 3. The molecule has 2 nitrogen and oxygen atoms in total. The quantitative estimate of drug-likeness (QED) is 0.729. The molecular weight excluding hydrogens is 234 g/mol. The summed E-state index contributed by atoms with van der Waals surface area (Å²) in [6, 6.07) is 21.2. The Kier molecular flexibility index (Phi) is 2.94. The molecule has 0 aliphatic heterocycles. The number of phenols is 1. The molecule has 0 bridgehead atoms. The van der Waals surface area contributed by atoms with Crippen molar-refractivity contribution in [3.63, 3.8) is 0 Å². The van der Waals surface area contributed by atoms with Crippen molar-refractivity contribution in [1.82, 2.24) is 0 Å². The summed E-state index contributed by atoms with van der Waals surface area (Å²) in [7, 11) is 0. The van der Waals surface area contributed by atoms with Crippen LogP contribution in [0.4, 0.5) is 0 Å². The molecule has 0 fully saturated rings. The van der Waals surface area contributed by atoms with Crippen LogP contribution in [0.1, 0.15) is 17.2 Å². The predicted molar refractivity (Wildman–Crippen MR) is 78.1 cm³/mol. The van der Waals surface area contributed by atoms with E-state index >= 15 is 0 Å². The van der Waals surface area contributed by atoms with Gasteiger partial charge < -0.3 is 10.8 Å². The van der Waals surface area contributed by atoms with Crippen LogP contribution in [0.15, 0.2) is 66.7 Å². The van der Waals surface area contributed by atoms with Crippen molar-refractivity contribution in [2.24, 2.45) is 5.73 Å². The lowest BCUT2D eigenvalue weighted by atomic mass is 9.94. The molecule has 94 valence electrons. The summed E-state index contributed by atoms with van der Waals surface area (Å²) in [5, 5.41) is 11.7. The number of rotatable bonds is 2. The van der Waals surface area contributed by atoms with Crippen LogP contribution in [0.25, 0.3) is 10.8 Å². The highest BCUT2D eigenvalue weighted by molar-refractivity contribution is 5.91. The highest BCUT2D eigenvalue weighted by atomic mass is 16.3. The second-order valence-corrected chi connectivity index (χ2v) is 4.61. The van der Waals surface area contributed by atoms with Crippen LogP contribution in [0.2, 0.25) is 0 Å². The van der Waals surface area contributed by atoms with Crippen molar-refractivity contribution in [2.45, 2.75) is 6.04 Å². The van der Waals surface area contributed by atoms with E-state index in [0.717, 1.165) is 21.9 Å². The van der Waals surface area contributed by atoms with Crippen molar-refractivity contribution >= 4 is 10.8 Å². The van der Waals surface area contributed by atoms with Gasteiger partial charge in [-0.2, -0.15) is 0 Å². The van der Waals surface area contributed by atoms with Crippen LogP contribution in [0.3, 0.4) is 0 Å². The van der Waals surface area contributed by atoms with Gasteiger partial charge in [-0.15, -0.1) is 0 Å². The lowest BCUT2D eigenvalue weighted by Gasteiger charge is -2.15. The maximum atomic E-state index is 9.91. The molecular formula is C17H15NO. The standard InChI is InChI=1S/C17H15NO/c18-17(12-6-2-1-3-7-12)15-10-11-16(19)14-9-5-4-8-13(14)15/h1-11,17,19H,18H2. The second-order valence-electron chi connectivity index (χ2n) is 4.61. The SMILES string of the molecule is NC(c1ccccc1)c1ccc(O)c2ccccc12. The van der Waals surface area contributed by atoms with Crippen molar-refractivity contribution in [1.29, 1.82) is 0 Å². The zero-order valence-corrected chi connectivity index (χ0v) is 10.5. The van der Waals surface area contributed by atoms with E-state index in [2.05, 4.69) is 0 Å². The third-order valence-electron chi connectivity index (χ3n) is 3.43. The average Bonchev–Trinajstić information content (AvgIpc) is 2.48. The summed E-state index contributed by atoms with van der Waals surface area (Å²) < 4.78 is 0. The molecule has 1 atom stereocenters. The molecule has 19 heavy (non-hydrogen) atoms. The fraction of sp³-hybridized carbons (Fsp3) is 0.0588. The van der Waals surface area contributed by atoms with Crippen molar-refractivity contribution in [2.75, 3.05) is 0 Å². The first-order valence-corrected chi connectivity index (χ1v) is 6.28. The van der Waals surface area contributed by atoms with Gasteiger partial charge in [-0.3, -0.25) is 0 Å². The molecule has 0 saturated heterocycles. The molecule has 0 aliphatic carbocycles. The molecule has 0 spiro atoms.